The van der Waals surface area contributed by atoms with E-state index in [2.05, 4.69) is 27.7 Å². The van der Waals surface area contributed by atoms with Crippen molar-refractivity contribution >= 4 is 12.4 Å². The number of likely N-dealkylation sites (tertiary alicyclic amines) is 1. The number of carboxylic acid groups (broad SMARTS) is 1. The minimum atomic E-state index is -0.661. The Balaban J connectivity index is 1.90. The molecule has 1 saturated heterocycles. The summed E-state index contributed by atoms with van der Waals surface area (Å²) in [5.74, 6) is 0.0897. The molecular weight excluding hydrogens is 398 g/mol. The zero-order valence-corrected chi connectivity index (χ0v) is 21.8. The van der Waals surface area contributed by atoms with Crippen LogP contribution in [0.4, 0.5) is 0 Å². The fourth-order valence-electron chi connectivity index (χ4n) is 6.00. The number of carboxylic acids is 1. The van der Waals surface area contributed by atoms with Crippen molar-refractivity contribution in [3.8, 4) is 0 Å². The average Bonchev–Trinajstić information content (AvgIpc) is 2.68. The van der Waals surface area contributed by atoms with Gasteiger partial charge in [-0.15, -0.1) is 0 Å². The van der Waals surface area contributed by atoms with Gasteiger partial charge in [0.1, 0.15) is 0 Å². The summed E-state index contributed by atoms with van der Waals surface area (Å²) < 4.78 is 0. The Morgan fingerprint density at radius 3 is 1.41 bits per heavy atom. The molecule has 32 heavy (non-hydrogen) atoms. The van der Waals surface area contributed by atoms with Crippen LogP contribution in [0.15, 0.2) is 0 Å². The zero-order valence-electron chi connectivity index (χ0n) is 21.8. The Bertz CT molecular complexity index is 497. The maximum Gasteiger partial charge on any atom is 0.303 e. The maximum atomic E-state index is 11.5. The van der Waals surface area contributed by atoms with Crippen molar-refractivity contribution in [2.24, 2.45) is 5.92 Å². The van der Waals surface area contributed by atoms with Crippen molar-refractivity contribution < 1.29 is 14.7 Å². The molecule has 1 N–H and O–H groups in total. The van der Waals surface area contributed by atoms with E-state index in [9.17, 15) is 9.59 Å². The first-order valence-corrected chi connectivity index (χ1v) is 13.7. The second kappa shape index (κ2) is 15.7. The molecule has 1 aliphatic heterocycles. The smallest absolute Gasteiger partial charge is 0.303 e. The summed E-state index contributed by atoms with van der Waals surface area (Å²) in [6, 6.07) is 0. The topological polar surface area (TPSA) is 57.6 Å². The molecule has 0 atom stereocenters. The van der Waals surface area contributed by atoms with E-state index in [-0.39, 0.29) is 11.1 Å². The van der Waals surface area contributed by atoms with Crippen LogP contribution in [0.25, 0.3) is 0 Å². The van der Waals surface area contributed by atoms with Crippen molar-refractivity contribution in [2.45, 2.75) is 161 Å². The summed E-state index contributed by atoms with van der Waals surface area (Å²) in [6.07, 6.45) is 24.4. The lowest BCUT2D eigenvalue weighted by Crippen LogP contribution is -2.59. The highest BCUT2D eigenvalue weighted by Crippen LogP contribution is 2.42. The molecule has 1 rings (SSSR count). The first-order chi connectivity index (χ1) is 15.2. The number of carbonyl (C=O) groups excluding carboxylic acids is 1. The summed E-state index contributed by atoms with van der Waals surface area (Å²) in [7, 11) is 0. The van der Waals surface area contributed by atoms with Gasteiger partial charge in [0.2, 0.25) is 6.41 Å². The largest absolute Gasteiger partial charge is 0.481 e. The highest BCUT2D eigenvalue weighted by atomic mass is 16.4. The fraction of sp³-hybridized carbons (Fsp3) is 0.929. The molecule has 1 heterocycles. The molecule has 1 aliphatic rings. The number of nitrogens with zero attached hydrogens (tertiary/aromatic N) is 1. The van der Waals surface area contributed by atoms with Gasteiger partial charge in [0, 0.05) is 17.5 Å². The molecule has 0 bridgehead atoms. The molecule has 0 spiro atoms. The van der Waals surface area contributed by atoms with Gasteiger partial charge in [-0.1, -0.05) is 96.3 Å². The molecule has 0 radical (unpaired) electrons. The van der Waals surface area contributed by atoms with Gasteiger partial charge in [0.15, 0.2) is 0 Å². The van der Waals surface area contributed by atoms with E-state index in [1.165, 1.54) is 89.9 Å². The van der Waals surface area contributed by atoms with Gasteiger partial charge in [-0.3, -0.25) is 9.59 Å². The highest BCUT2D eigenvalue weighted by Gasteiger charge is 2.44. The van der Waals surface area contributed by atoms with Gasteiger partial charge in [0.25, 0.3) is 0 Å². The molecule has 4 heteroatoms. The second-order valence-corrected chi connectivity index (χ2v) is 11.6. The number of piperidine rings is 1. The second-order valence-electron chi connectivity index (χ2n) is 11.6. The monoisotopic (exact) mass is 451 g/mol. The minimum absolute atomic E-state index is 0.0177. The lowest BCUT2D eigenvalue weighted by Gasteiger charge is -2.53. The number of carbonyl (C=O) groups is 2. The molecule has 0 unspecified atom stereocenters. The van der Waals surface area contributed by atoms with E-state index in [0.717, 1.165) is 38.0 Å². The van der Waals surface area contributed by atoms with Crippen LogP contribution in [0, 0.1) is 5.92 Å². The predicted molar refractivity (Wildman–Crippen MR) is 135 cm³/mol. The molecule has 0 aromatic carbocycles. The molecule has 0 aliphatic carbocycles. The molecule has 0 saturated carbocycles. The quantitative estimate of drug-likeness (QED) is 0.159. The van der Waals surface area contributed by atoms with Crippen LogP contribution < -0.4 is 0 Å². The van der Waals surface area contributed by atoms with Gasteiger partial charge >= 0.3 is 5.97 Å². The molecular formula is C28H53NO3. The Morgan fingerprint density at radius 1 is 0.719 bits per heavy atom. The molecule has 0 aromatic heterocycles. The number of unbranched alkanes of at least 4 members (excludes halogenated alkanes) is 14. The third-order valence-corrected chi connectivity index (χ3v) is 7.49. The molecule has 0 aromatic rings. The van der Waals surface area contributed by atoms with E-state index < -0.39 is 5.97 Å². The number of aliphatic carboxylic acids is 1. The highest BCUT2D eigenvalue weighted by molar-refractivity contribution is 5.66. The van der Waals surface area contributed by atoms with Crippen LogP contribution in [-0.4, -0.2) is 33.5 Å². The first-order valence-electron chi connectivity index (χ1n) is 13.7. The lowest BCUT2D eigenvalue weighted by molar-refractivity contribution is -0.138. The molecule has 188 valence electrons. The summed E-state index contributed by atoms with van der Waals surface area (Å²) in [5.41, 5.74) is -0.0355. The predicted octanol–water partition coefficient (Wildman–Crippen LogP) is 8.13. The Hall–Kier alpha value is -1.06. The Morgan fingerprint density at radius 2 is 1.06 bits per heavy atom. The summed E-state index contributed by atoms with van der Waals surface area (Å²) >= 11 is 0. The van der Waals surface area contributed by atoms with E-state index in [1.54, 1.807) is 0 Å². The Labute approximate surface area is 198 Å². The molecule has 1 fully saturated rings. The third-order valence-electron chi connectivity index (χ3n) is 7.49. The van der Waals surface area contributed by atoms with Crippen LogP contribution in [0.1, 0.15) is 150 Å². The third kappa shape index (κ3) is 12.3. The lowest BCUT2D eigenvalue weighted by atomic mass is 9.72. The minimum Gasteiger partial charge on any atom is -0.481 e. The SMILES string of the molecule is CC1(C)CC(CCCCCCCCCCCCCCCCCC(=O)O)CC(C)(C)N1C=O. The zero-order chi connectivity index (χ0) is 23.9. The van der Waals surface area contributed by atoms with Gasteiger partial charge in [-0.25, -0.2) is 0 Å². The van der Waals surface area contributed by atoms with E-state index in [1.807, 2.05) is 4.90 Å². The van der Waals surface area contributed by atoms with Crippen LogP contribution in [0.2, 0.25) is 0 Å². The van der Waals surface area contributed by atoms with Crippen molar-refractivity contribution in [1.82, 2.24) is 4.90 Å². The maximum absolute atomic E-state index is 11.5. The van der Waals surface area contributed by atoms with Crippen LogP contribution in [0.3, 0.4) is 0 Å². The van der Waals surface area contributed by atoms with Crippen LogP contribution in [-0.2, 0) is 9.59 Å². The molecule has 4 nitrogen and oxygen atoms in total. The van der Waals surface area contributed by atoms with E-state index in [4.69, 9.17) is 5.11 Å². The van der Waals surface area contributed by atoms with Crippen LogP contribution in [0.5, 0.6) is 0 Å². The number of rotatable bonds is 19. The van der Waals surface area contributed by atoms with E-state index in [0.29, 0.717) is 6.42 Å². The standard InChI is InChI=1S/C28H53NO3/c1-27(2)22-25(23-28(3,4)29(27)24-30)20-18-16-14-12-10-8-6-5-7-9-11-13-15-17-19-21-26(31)32/h24-25H,5-23H2,1-4H3,(H,31,32). The number of hydrogen-bond acceptors (Lipinski definition) is 2. The summed E-state index contributed by atoms with van der Waals surface area (Å²) in [5, 5.41) is 8.61. The van der Waals surface area contributed by atoms with Gasteiger partial charge in [-0.2, -0.15) is 0 Å². The van der Waals surface area contributed by atoms with Crippen molar-refractivity contribution in [3.05, 3.63) is 0 Å². The number of hydrogen-bond donors (Lipinski definition) is 1. The van der Waals surface area contributed by atoms with Gasteiger partial charge in [0.05, 0.1) is 0 Å². The normalized spacial score (nSPS) is 18.1. The fourth-order valence-corrected chi connectivity index (χ4v) is 6.00. The Kier molecular flexibility index (Phi) is 14.2. The number of amides is 1. The first kappa shape index (κ1) is 29.0. The average molecular weight is 452 g/mol. The van der Waals surface area contributed by atoms with Gasteiger partial charge < -0.3 is 10.0 Å². The van der Waals surface area contributed by atoms with E-state index >= 15 is 0 Å². The summed E-state index contributed by atoms with van der Waals surface area (Å²) in [4.78, 5) is 24.0. The van der Waals surface area contributed by atoms with Crippen molar-refractivity contribution in [3.63, 3.8) is 0 Å². The summed E-state index contributed by atoms with van der Waals surface area (Å²) in [6.45, 7) is 8.89. The van der Waals surface area contributed by atoms with Gasteiger partial charge in [-0.05, 0) is 52.9 Å². The van der Waals surface area contributed by atoms with Crippen LogP contribution >= 0.6 is 0 Å². The van der Waals surface area contributed by atoms with Crippen molar-refractivity contribution in [1.29, 1.82) is 0 Å². The van der Waals surface area contributed by atoms with Crippen molar-refractivity contribution in [2.75, 3.05) is 0 Å². The molecule has 1 amide bonds.